The van der Waals surface area contributed by atoms with E-state index in [4.69, 9.17) is 25.8 Å². The number of hydrogen-bond acceptors (Lipinski definition) is 4. The standard InChI is InChI=1S/C10H9ClO4/c1-13-7-4-8-10(15-3-2-14-8)6(5-12)9(7)11/h4-5H,2-3H2,1H3. The molecular formula is C10H9ClO4. The lowest BCUT2D eigenvalue weighted by Crippen LogP contribution is -2.17. The van der Waals surface area contributed by atoms with Crippen LogP contribution in [0.4, 0.5) is 0 Å². The third kappa shape index (κ3) is 1.61. The summed E-state index contributed by atoms with van der Waals surface area (Å²) < 4.78 is 15.7. The monoisotopic (exact) mass is 228 g/mol. The Bertz CT molecular complexity index is 403. The lowest BCUT2D eigenvalue weighted by molar-refractivity contribution is 0.111. The summed E-state index contributed by atoms with van der Waals surface area (Å²) in [6.45, 7) is 0.868. The van der Waals surface area contributed by atoms with Crippen molar-refractivity contribution < 1.29 is 19.0 Å². The van der Waals surface area contributed by atoms with Crippen LogP contribution in [0.3, 0.4) is 0 Å². The first-order valence-corrected chi connectivity index (χ1v) is 4.77. The van der Waals surface area contributed by atoms with Gasteiger partial charge in [0.2, 0.25) is 0 Å². The first-order chi connectivity index (χ1) is 7.27. The van der Waals surface area contributed by atoms with E-state index < -0.39 is 0 Å². The molecule has 5 heteroatoms. The van der Waals surface area contributed by atoms with Gasteiger partial charge in [-0.2, -0.15) is 0 Å². The molecule has 1 heterocycles. The Morgan fingerprint density at radius 1 is 1.47 bits per heavy atom. The van der Waals surface area contributed by atoms with Crippen LogP contribution in [0.15, 0.2) is 6.07 Å². The average Bonchev–Trinajstić information content (AvgIpc) is 2.28. The first-order valence-electron chi connectivity index (χ1n) is 4.39. The van der Waals surface area contributed by atoms with Crippen molar-refractivity contribution in [2.45, 2.75) is 0 Å². The molecule has 1 aromatic carbocycles. The predicted octanol–water partition coefficient (Wildman–Crippen LogP) is 1.93. The molecule has 0 radical (unpaired) electrons. The van der Waals surface area contributed by atoms with E-state index in [2.05, 4.69) is 0 Å². The molecular weight excluding hydrogens is 220 g/mol. The Morgan fingerprint density at radius 3 is 2.87 bits per heavy atom. The van der Waals surface area contributed by atoms with Crippen molar-refractivity contribution in [1.82, 2.24) is 0 Å². The van der Waals surface area contributed by atoms with E-state index in [-0.39, 0.29) is 10.6 Å². The summed E-state index contributed by atoms with van der Waals surface area (Å²) in [5.74, 6) is 1.29. The number of carbonyl (C=O) groups is 1. The van der Waals surface area contributed by atoms with E-state index in [0.717, 1.165) is 0 Å². The van der Waals surface area contributed by atoms with E-state index in [1.807, 2.05) is 0 Å². The van der Waals surface area contributed by atoms with Crippen molar-refractivity contribution >= 4 is 17.9 Å². The van der Waals surface area contributed by atoms with Gasteiger partial charge in [0.1, 0.15) is 19.0 Å². The van der Waals surface area contributed by atoms with E-state index >= 15 is 0 Å². The van der Waals surface area contributed by atoms with Crippen molar-refractivity contribution in [3.63, 3.8) is 0 Å². The van der Waals surface area contributed by atoms with Gasteiger partial charge in [-0.1, -0.05) is 11.6 Å². The highest BCUT2D eigenvalue weighted by Crippen LogP contribution is 2.42. The first kappa shape index (κ1) is 10.1. The zero-order valence-corrected chi connectivity index (χ0v) is 8.84. The van der Waals surface area contributed by atoms with Gasteiger partial charge in [-0.25, -0.2) is 0 Å². The summed E-state index contributed by atoms with van der Waals surface area (Å²) in [6.07, 6.45) is 0.637. The molecule has 0 fully saturated rings. The zero-order chi connectivity index (χ0) is 10.8. The normalized spacial score (nSPS) is 13.5. The predicted molar refractivity (Wildman–Crippen MR) is 54.4 cm³/mol. The Morgan fingerprint density at radius 2 is 2.20 bits per heavy atom. The number of rotatable bonds is 2. The van der Waals surface area contributed by atoms with Crippen LogP contribution in [0.1, 0.15) is 10.4 Å². The molecule has 0 saturated carbocycles. The maximum absolute atomic E-state index is 10.9. The minimum atomic E-state index is 0.247. The molecule has 15 heavy (non-hydrogen) atoms. The number of methoxy groups -OCH3 is 1. The summed E-state index contributed by atoms with van der Waals surface area (Å²) in [6, 6.07) is 1.61. The van der Waals surface area contributed by atoms with E-state index in [1.165, 1.54) is 7.11 Å². The highest BCUT2D eigenvalue weighted by molar-refractivity contribution is 6.34. The van der Waals surface area contributed by atoms with Gasteiger partial charge < -0.3 is 14.2 Å². The maximum atomic E-state index is 10.9. The van der Waals surface area contributed by atoms with Gasteiger partial charge in [-0.15, -0.1) is 0 Å². The van der Waals surface area contributed by atoms with E-state index in [9.17, 15) is 4.79 Å². The highest BCUT2D eigenvalue weighted by Gasteiger charge is 2.22. The van der Waals surface area contributed by atoms with Crippen LogP contribution in [0.25, 0.3) is 0 Å². The lowest BCUT2D eigenvalue weighted by atomic mass is 10.1. The van der Waals surface area contributed by atoms with Crippen LogP contribution >= 0.6 is 11.6 Å². The van der Waals surface area contributed by atoms with Gasteiger partial charge in [0.25, 0.3) is 0 Å². The molecule has 0 saturated heterocycles. The molecule has 2 rings (SSSR count). The summed E-state index contributed by atoms with van der Waals surface area (Å²) in [7, 11) is 1.48. The summed E-state index contributed by atoms with van der Waals surface area (Å²) >= 11 is 5.95. The summed E-state index contributed by atoms with van der Waals surface area (Å²) in [5, 5.41) is 0.247. The van der Waals surface area contributed by atoms with Crippen molar-refractivity contribution in [2.24, 2.45) is 0 Å². The van der Waals surface area contributed by atoms with Gasteiger partial charge in [0, 0.05) is 6.07 Å². The quantitative estimate of drug-likeness (QED) is 0.726. The largest absolute Gasteiger partial charge is 0.495 e. The van der Waals surface area contributed by atoms with Crippen molar-refractivity contribution in [1.29, 1.82) is 0 Å². The van der Waals surface area contributed by atoms with Gasteiger partial charge >= 0.3 is 0 Å². The molecule has 80 valence electrons. The Kier molecular flexibility index (Phi) is 2.68. The molecule has 1 aromatic rings. The fourth-order valence-electron chi connectivity index (χ4n) is 1.42. The summed E-state index contributed by atoms with van der Waals surface area (Å²) in [4.78, 5) is 10.9. The van der Waals surface area contributed by atoms with Gasteiger partial charge in [-0.05, 0) is 0 Å². The average molecular weight is 229 g/mol. The smallest absolute Gasteiger partial charge is 0.173 e. The van der Waals surface area contributed by atoms with Crippen LogP contribution in [0.2, 0.25) is 5.02 Å². The topological polar surface area (TPSA) is 44.8 Å². The van der Waals surface area contributed by atoms with Crippen LogP contribution in [-0.4, -0.2) is 26.6 Å². The Labute approximate surface area is 91.7 Å². The van der Waals surface area contributed by atoms with Gasteiger partial charge in [0.05, 0.1) is 17.7 Å². The molecule has 1 aliphatic rings. The van der Waals surface area contributed by atoms with Crippen molar-refractivity contribution in [3.05, 3.63) is 16.7 Å². The molecule has 0 atom stereocenters. The van der Waals surface area contributed by atoms with Crippen LogP contribution in [0.5, 0.6) is 17.2 Å². The Balaban J connectivity index is 2.63. The number of aldehydes is 1. The highest BCUT2D eigenvalue weighted by atomic mass is 35.5. The van der Waals surface area contributed by atoms with Crippen molar-refractivity contribution in [3.8, 4) is 17.2 Å². The third-order valence-corrected chi connectivity index (χ3v) is 2.50. The fraction of sp³-hybridized carbons (Fsp3) is 0.300. The second kappa shape index (κ2) is 3.98. The molecule has 0 aliphatic carbocycles. The number of carbonyl (C=O) groups excluding carboxylic acids is 1. The van der Waals surface area contributed by atoms with Crippen LogP contribution in [-0.2, 0) is 0 Å². The van der Waals surface area contributed by atoms with Crippen molar-refractivity contribution in [2.75, 3.05) is 20.3 Å². The minimum Gasteiger partial charge on any atom is -0.495 e. The Hall–Kier alpha value is -1.42. The number of ether oxygens (including phenoxy) is 3. The number of fused-ring (bicyclic) bond motifs is 1. The molecule has 0 amide bonds. The minimum absolute atomic E-state index is 0.247. The molecule has 0 N–H and O–H groups in total. The van der Waals surface area contributed by atoms with E-state index in [1.54, 1.807) is 6.07 Å². The third-order valence-electron chi connectivity index (χ3n) is 2.11. The van der Waals surface area contributed by atoms with Gasteiger partial charge in [-0.3, -0.25) is 4.79 Å². The fourth-order valence-corrected chi connectivity index (χ4v) is 1.68. The molecule has 0 aromatic heterocycles. The second-order valence-electron chi connectivity index (χ2n) is 2.95. The number of hydrogen-bond donors (Lipinski definition) is 0. The van der Waals surface area contributed by atoms with Crippen LogP contribution < -0.4 is 14.2 Å². The SMILES string of the molecule is COc1cc2c(c(C=O)c1Cl)OCCO2. The number of benzene rings is 1. The zero-order valence-electron chi connectivity index (χ0n) is 8.08. The molecule has 0 unspecified atom stereocenters. The molecule has 1 aliphatic heterocycles. The number of halogens is 1. The van der Waals surface area contributed by atoms with Crippen LogP contribution in [0, 0.1) is 0 Å². The molecule has 4 nitrogen and oxygen atoms in total. The lowest BCUT2D eigenvalue weighted by Gasteiger charge is -2.21. The second-order valence-corrected chi connectivity index (χ2v) is 3.33. The van der Waals surface area contributed by atoms with E-state index in [0.29, 0.717) is 36.7 Å². The summed E-state index contributed by atoms with van der Waals surface area (Å²) in [5.41, 5.74) is 0.269. The van der Waals surface area contributed by atoms with Gasteiger partial charge in [0.15, 0.2) is 17.8 Å². The molecule has 0 bridgehead atoms. The maximum Gasteiger partial charge on any atom is 0.173 e. The molecule has 0 spiro atoms.